The van der Waals surface area contributed by atoms with Crippen molar-refractivity contribution < 1.29 is 47.7 Å². The summed E-state index contributed by atoms with van der Waals surface area (Å²) in [5.74, 6) is 0.0421. The molecule has 0 spiro atoms. The Morgan fingerprint density at radius 3 is 1.89 bits per heavy atom. The number of alkyl carbamates (subject to hydrolysis) is 3. The molecule has 1 aromatic rings. The Labute approximate surface area is 341 Å². The predicted octanol–water partition coefficient (Wildman–Crippen LogP) is 7.25. The maximum absolute atomic E-state index is 13.4. The second-order valence-electron chi connectivity index (χ2n) is 15.6. The van der Waals surface area contributed by atoms with Gasteiger partial charge in [0.2, 0.25) is 12.2 Å². The Kier molecular flexibility index (Phi) is 19.7. The molecule has 2 rings (SSSR count). The summed E-state index contributed by atoms with van der Waals surface area (Å²) in [5.41, 5.74) is -1.18. The van der Waals surface area contributed by atoms with E-state index in [9.17, 15) is 19.2 Å². The average Bonchev–Trinajstić information content (AvgIpc) is 3.03. The van der Waals surface area contributed by atoms with E-state index >= 15 is 0 Å². The van der Waals surface area contributed by atoms with Gasteiger partial charge in [-0.1, -0.05) is 5.16 Å². The number of guanidine groups is 1. The number of oxime groups is 1. The van der Waals surface area contributed by atoms with Crippen molar-refractivity contribution in [3.63, 3.8) is 0 Å². The van der Waals surface area contributed by atoms with Gasteiger partial charge in [0.1, 0.15) is 28.3 Å². The minimum absolute atomic E-state index is 0.118. The zero-order valence-corrected chi connectivity index (χ0v) is 36.6. The van der Waals surface area contributed by atoms with Gasteiger partial charge < -0.3 is 39.2 Å². The van der Waals surface area contributed by atoms with Crippen molar-refractivity contribution in [1.29, 1.82) is 0 Å². The van der Waals surface area contributed by atoms with Gasteiger partial charge in [0.25, 0.3) is 5.91 Å². The van der Waals surface area contributed by atoms with E-state index in [1.165, 1.54) is 0 Å². The quantitative estimate of drug-likeness (QED) is 0.0458. The number of benzene rings is 1. The van der Waals surface area contributed by atoms with Gasteiger partial charge in [-0.2, -0.15) is 0 Å². The third-order valence-electron chi connectivity index (χ3n) is 6.72. The molecule has 1 fully saturated rings. The lowest BCUT2D eigenvalue weighted by molar-refractivity contribution is -0.162. The summed E-state index contributed by atoms with van der Waals surface area (Å²) in [6, 6.07) is 3.68. The molecule has 1 heterocycles. The predicted molar refractivity (Wildman–Crippen MR) is 215 cm³/mol. The molecule has 0 saturated carbocycles. The summed E-state index contributed by atoms with van der Waals surface area (Å²) in [7, 11) is 0. The van der Waals surface area contributed by atoms with E-state index in [0.717, 1.165) is 18.4 Å². The number of aliphatic imine (C=N–C) groups is 1. The maximum Gasteiger partial charge on any atom is 0.414 e. The van der Waals surface area contributed by atoms with E-state index in [4.69, 9.17) is 28.5 Å². The smallest absolute Gasteiger partial charge is 0.414 e. The Bertz CT molecular complexity index is 1440. The molecule has 18 heteroatoms. The molecule has 16 nitrogen and oxygen atoms in total. The van der Waals surface area contributed by atoms with Crippen LogP contribution < -0.4 is 26.0 Å². The van der Waals surface area contributed by atoms with Crippen LogP contribution in [0.5, 0.6) is 5.75 Å². The van der Waals surface area contributed by atoms with Gasteiger partial charge in [-0.15, -0.1) is 0 Å². The van der Waals surface area contributed by atoms with Crippen LogP contribution in [0.15, 0.2) is 31.2 Å². The molecule has 4 N–H and O–H groups in total. The summed E-state index contributed by atoms with van der Waals surface area (Å²) in [4.78, 5) is 59.9. The van der Waals surface area contributed by atoms with Gasteiger partial charge in [-0.25, -0.2) is 14.4 Å². The Balaban J connectivity index is 2.01. The van der Waals surface area contributed by atoms with Crippen molar-refractivity contribution >= 4 is 67.7 Å². The summed E-state index contributed by atoms with van der Waals surface area (Å²) < 4.78 is 28.7. The first-order valence-electron chi connectivity index (χ1n) is 18.3. The molecule has 4 amide bonds. The molecule has 1 unspecified atom stereocenters. The molecule has 310 valence electrons. The number of carbonyl (C=O) groups excluding carboxylic acids is 4. The molecule has 1 saturated heterocycles. The van der Waals surface area contributed by atoms with Gasteiger partial charge in [0.15, 0.2) is 0 Å². The number of hydrogen-bond donors (Lipinski definition) is 4. The van der Waals surface area contributed by atoms with Crippen LogP contribution >= 0.6 is 31.9 Å². The van der Waals surface area contributed by atoms with Gasteiger partial charge in [0.05, 0.1) is 22.2 Å². The fourth-order valence-electron chi connectivity index (χ4n) is 4.51. The zero-order valence-electron chi connectivity index (χ0n) is 33.5. The summed E-state index contributed by atoms with van der Waals surface area (Å²) in [6.45, 7) is 17.5. The van der Waals surface area contributed by atoms with Crippen LogP contribution in [0.3, 0.4) is 0 Å². The fourth-order valence-corrected chi connectivity index (χ4v) is 6.02. The molecule has 1 atom stereocenters. The fraction of sp³-hybridized carbons (Fsp3) is 0.676. The lowest BCUT2D eigenvalue weighted by Gasteiger charge is -2.22. The standard InChI is InChI=1S/C37H58Br2N6O10/c1-35(2,3)52-32(47)42-18-14-20-51-29-25(38)21-24(22-26(29)39)23-27(45-55-28-15-10-13-19-50-28)30(46)40-16-11-12-17-41-31(43-33(48)53-36(4,5)6)44-34(49)54-37(7,8)9/h21-22,28H,10-20,23H2,1-9H3,(H,40,46)(H,42,47)(H2,41,43,44,48,49)/b45-27-. The van der Waals surface area contributed by atoms with Gasteiger partial charge >= 0.3 is 18.3 Å². The SMILES string of the molecule is CC(C)(C)OC(=O)NCCCOc1c(Br)cc(C/C(=N/OC2CCCCO2)C(=O)NCCCCN=C(NC(=O)OC(C)(C)C)NC(=O)OC(C)(C)C)cc1Br. The average molecular weight is 907 g/mol. The molecule has 55 heavy (non-hydrogen) atoms. The van der Waals surface area contributed by atoms with E-state index in [1.807, 2.05) is 12.1 Å². The van der Waals surface area contributed by atoms with Gasteiger partial charge in [0, 0.05) is 32.5 Å². The van der Waals surface area contributed by atoms with Crippen LogP contribution in [-0.2, 0) is 35.0 Å². The summed E-state index contributed by atoms with van der Waals surface area (Å²) in [5, 5.41) is 14.7. The molecule has 1 aromatic carbocycles. The molecular weight excluding hydrogens is 848 g/mol. The number of ether oxygens (including phenoxy) is 5. The highest BCUT2D eigenvalue weighted by Crippen LogP contribution is 2.35. The number of nitrogens with zero attached hydrogens (tertiary/aromatic N) is 2. The molecule has 0 aliphatic carbocycles. The minimum Gasteiger partial charge on any atom is -0.491 e. The highest BCUT2D eigenvalue weighted by atomic mass is 79.9. The van der Waals surface area contributed by atoms with Crippen molar-refractivity contribution in [3.05, 3.63) is 26.6 Å². The second-order valence-corrected chi connectivity index (χ2v) is 17.3. The summed E-state index contributed by atoms with van der Waals surface area (Å²) in [6.07, 6.45) is 1.69. The van der Waals surface area contributed by atoms with Gasteiger partial charge in [-0.3, -0.25) is 20.4 Å². The Morgan fingerprint density at radius 1 is 0.782 bits per heavy atom. The number of rotatable bonds is 15. The van der Waals surface area contributed by atoms with Crippen LogP contribution in [0.25, 0.3) is 0 Å². The van der Waals surface area contributed by atoms with E-state index < -0.39 is 47.3 Å². The van der Waals surface area contributed by atoms with Crippen molar-refractivity contribution in [2.45, 2.75) is 130 Å². The molecular formula is C37H58Br2N6O10. The van der Waals surface area contributed by atoms with Crippen molar-refractivity contribution in [2.24, 2.45) is 10.1 Å². The first-order valence-corrected chi connectivity index (χ1v) is 19.9. The number of halogens is 2. The minimum atomic E-state index is -0.784. The topological polar surface area (TPSA) is 196 Å². The highest BCUT2D eigenvalue weighted by Gasteiger charge is 2.22. The maximum atomic E-state index is 13.4. The number of nitrogens with one attached hydrogen (secondary N) is 4. The monoisotopic (exact) mass is 904 g/mol. The van der Waals surface area contributed by atoms with Gasteiger partial charge in [-0.05, 0) is 144 Å². The van der Waals surface area contributed by atoms with Crippen molar-refractivity contribution in [2.75, 3.05) is 32.8 Å². The third-order valence-corrected chi connectivity index (χ3v) is 7.90. The first kappa shape index (κ1) is 47.5. The van der Waals surface area contributed by atoms with E-state index in [0.29, 0.717) is 66.7 Å². The van der Waals surface area contributed by atoms with Crippen LogP contribution in [0.4, 0.5) is 14.4 Å². The highest BCUT2D eigenvalue weighted by molar-refractivity contribution is 9.11. The van der Waals surface area contributed by atoms with Crippen LogP contribution in [0, 0.1) is 0 Å². The molecule has 1 aliphatic heterocycles. The Hall–Kier alpha value is -3.64. The molecule has 1 aliphatic rings. The normalized spacial score (nSPS) is 14.9. The third kappa shape index (κ3) is 21.9. The van der Waals surface area contributed by atoms with E-state index in [-0.39, 0.29) is 24.6 Å². The number of unbranched alkanes of at least 4 members (excludes halogenated alkanes) is 1. The van der Waals surface area contributed by atoms with E-state index in [2.05, 4.69) is 63.3 Å². The second kappa shape index (κ2) is 22.8. The molecule has 0 aromatic heterocycles. The Morgan fingerprint density at radius 2 is 1.35 bits per heavy atom. The van der Waals surface area contributed by atoms with Crippen LogP contribution in [-0.4, -0.2) is 91.8 Å². The zero-order chi connectivity index (χ0) is 41.2. The van der Waals surface area contributed by atoms with Crippen molar-refractivity contribution in [1.82, 2.24) is 21.3 Å². The lowest BCUT2D eigenvalue weighted by atomic mass is 10.1. The largest absolute Gasteiger partial charge is 0.491 e. The van der Waals surface area contributed by atoms with E-state index in [1.54, 1.807) is 62.3 Å². The number of amides is 4. The molecule has 0 radical (unpaired) electrons. The van der Waals surface area contributed by atoms with Crippen LogP contribution in [0.2, 0.25) is 0 Å². The summed E-state index contributed by atoms with van der Waals surface area (Å²) >= 11 is 7.14. The lowest BCUT2D eigenvalue weighted by Crippen LogP contribution is -2.47. The first-order chi connectivity index (χ1) is 25.6. The molecule has 0 bridgehead atoms. The van der Waals surface area contributed by atoms with Crippen LogP contribution in [0.1, 0.15) is 106 Å². The van der Waals surface area contributed by atoms with Crippen molar-refractivity contribution in [3.8, 4) is 5.75 Å². The number of carbonyl (C=O) groups is 4. The number of hydrogen-bond acceptors (Lipinski definition) is 12.